The molecule has 0 fully saturated rings. The van der Waals surface area contributed by atoms with Gasteiger partial charge in [0.05, 0.1) is 34.8 Å². The van der Waals surface area contributed by atoms with Crippen LogP contribution in [0, 0.1) is 6.92 Å². The molecule has 102 valence electrons. The summed E-state index contributed by atoms with van der Waals surface area (Å²) >= 11 is 5.82. The van der Waals surface area contributed by atoms with Gasteiger partial charge in [-0.25, -0.2) is 4.98 Å². The predicted molar refractivity (Wildman–Crippen MR) is 67.1 cm³/mol. The third kappa shape index (κ3) is 3.01. The van der Waals surface area contributed by atoms with E-state index < -0.39 is 11.7 Å². The van der Waals surface area contributed by atoms with Crippen LogP contribution in [-0.4, -0.2) is 9.97 Å². The van der Waals surface area contributed by atoms with Crippen molar-refractivity contribution in [3.8, 4) is 0 Å². The molecule has 2 rings (SSSR count). The van der Waals surface area contributed by atoms with Crippen molar-refractivity contribution in [2.45, 2.75) is 19.6 Å². The molecule has 19 heavy (non-hydrogen) atoms. The molecule has 0 bridgehead atoms. The largest absolute Gasteiger partial charge is 0.418 e. The summed E-state index contributed by atoms with van der Waals surface area (Å²) in [6.45, 7) is 1.96. The van der Waals surface area contributed by atoms with Crippen molar-refractivity contribution < 1.29 is 13.2 Å². The number of aromatic amines is 1. The summed E-state index contributed by atoms with van der Waals surface area (Å²) in [6, 6.07) is 3.68. The number of H-pyrrole nitrogens is 1. The maximum Gasteiger partial charge on any atom is 0.418 e. The van der Waals surface area contributed by atoms with Crippen LogP contribution in [0.5, 0.6) is 0 Å². The number of alkyl halides is 3. The fraction of sp³-hybridized carbons (Fsp3) is 0.250. The number of anilines is 1. The van der Waals surface area contributed by atoms with Crippen LogP contribution in [-0.2, 0) is 12.7 Å². The first-order valence-electron chi connectivity index (χ1n) is 5.48. The van der Waals surface area contributed by atoms with Crippen molar-refractivity contribution in [1.29, 1.82) is 0 Å². The SMILES string of the molecule is Cc1[nH]cnc1CNc1c(Cl)cccc1C(F)(F)F. The number of aromatic nitrogens is 2. The van der Waals surface area contributed by atoms with Gasteiger partial charge < -0.3 is 10.3 Å². The molecule has 0 saturated carbocycles. The zero-order valence-electron chi connectivity index (χ0n) is 9.98. The number of nitrogens with one attached hydrogen (secondary N) is 2. The highest BCUT2D eigenvalue weighted by atomic mass is 35.5. The van der Waals surface area contributed by atoms with Crippen LogP contribution in [0.25, 0.3) is 0 Å². The third-order valence-electron chi connectivity index (χ3n) is 2.69. The fourth-order valence-electron chi connectivity index (χ4n) is 1.68. The van der Waals surface area contributed by atoms with Gasteiger partial charge in [0, 0.05) is 5.69 Å². The molecule has 3 nitrogen and oxygen atoms in total. The van der Waals surface area contributed by atoms with Gasteiger partial charge in [-0.1, -0.05) is 17.7 Å². The van der Waals surface area contributed by atoms with Crippen molar-refractivity contribution >= 4 is 17.3 Å². The highest BCUT2D eigenvalue weighted by Gasteiger charge is 2.34. The number of hydrogen-bond donors (Lipinski definition) is 2. The molecule has 7 heteroatoms. The number of imidazole rings is 1. The fourth-order valence-corrected chi connectivity index (χ4v) is 1.92. The zero-order chi connectivity index (χ0) is 14.0. The minimum atomic E-state index is -4.45. The molecule has 0 aliphatic carbocycles. The Morgan fingerprint density at radius 3 is 2.68 bits per heavy atom. The van der Waals surface area contributed by atoms with E-state index in [9.17, 15) is 13.2 Å². The Morgan fingerprint density at radius 2 is 2.11 bits per heavy atom. The van der Waals surface area contributed by atoms with Crippen LogP contribution in [0.15, 0.2) is 24.5 Å². The van der Waals surface area contributed by atoms with Gasteiger partial charge in [0.25, 0.3) is 0 Å². The highest BCUT2D eigenvalue weighted by molar-refractivity contribution is 6.33. The third-order valence-corrected chi connectivity index (χ3v) is 3.00. The molecule has 0 amide bonds. The second kappa shape index (κ2) is 5.13. The number of hydrogen-bond acceptors (Lipinski definition) is 2. The van der Waals surface area contributed by atoms with E-state index in [1.165, 1.54) is 18.5 Å². The summed E-state index contributed by atoms with van der Waals surface area (Å²) < 4.78 is 38.6. The minimum absolute atomic E-state index is 0.0306. The lowest BCUT2D eigenvalue weighted by molar-refractivity contribution is -0.136. The van der Waals surface area contributed by atoms with E-state index in [4.69, 9.17) is 11.6 Å². The van der Waals surface area contributed by atoms with Crippen LogP contribution in [0.1, 0.15) is 17.0 Å². The standard InChI is InChI=1S/C12H11ClF3N3/c1-7-10(19-6-18-7)5-17-11-8(12(14,15)16)3-2-4-9(11)13/h2-4,6,17H,5H2,1H3,(H,18,19). The lowest BCUT2D eigenvalue weighted by Gasteiger charge is -2.15. The molecule has 0 unspecified atom stereocenters. The molecule has 0 aliphatic rings. The summed E-state index contributed by atoms with van der Waals surface area (Å²) in [4.78, 5) is 6.87. The molecule has 0 spiro atoms. The van der Waals surface area contributed by atoms with Crippen molar-refractivity contribution in [1.82, 2.24) is 9.97 Å². The number of para-hydroxylation sites is 1. The van der Waals surface area contributed by atoms with Crippen LogP contribution >= 0.6 is 11.6 Å². The number of nitrogens with zero attached hydrogens (tertiary/aromatic N) is 1. The van der Waals surface area contributed by atoms with Gasteiger partial charge in [-0.3, -0.25) is 0 Å². The Hall–Kier alpha value is -1.69. The van der Waals surface area contributed by atoms with Gasteiger partial charge in [-0.2, -0.15) is 13.2 Å². The van der Waals surface area contributed by atoms with E-state index >= 15 is 0 Å². The number of halogens is 4. The van der Waals surface area contributed by atoms with Gasteiger partial charge in [-0.15, -0.1) is 0 Å². The molecule has 2 aromatic rings. The van der Waals surface area contributed by atoms with Crippen LogP contribution < -0.4 is 5.32 Å². The van der Waals surface area contributed by atoms with Crippen LogP contribution in [0.4, 0.5) is 18.9 Å². The topological polar surface area (TPSA) is 40.7 Å². The molecule has 0 radical (unpaired) electrons. The molecule has 2 N–H and O–H groups in total. The van der Waals surface area contributed by atoms with E-state index in [2.05, 4.69) is 15.3 Å². The Balaban J connectivity index is 2.27. The Labute approximate surface area is 112 Å². The molecule has 1 heterocycles. The lowest BCUT2D eigenvalue weighted by atomic mass is 10.1. The number of aryl methyl sites for hydroxylation is 1. The zero-order valence-corrected chi connectivity index (χ0v) is 10.7. The average Bonchev–Trinajstić information content (AvgIpc) is 2.72. The first kappa shape index (κ1) is 13.7. The van der Waals surface area contributed by atoms with E-state index in [0.29, 0.717) is 5.69 Å². The monoisotopic (exact) mass is 289 g/mol. The number of benzene rings is 1. The van der Waals surface area contributed by atoms with Crippen molar-refractivity contribution in [3.05, 3.63) is 46.5 Å². The summed E-state index contributed by atoms with van der Waals surface area (Å²) in [6.07, 6.45) is -2.96. The maximum absolute atomic E-state index is 12.9. The molecule has 0 atom stereocenters. The predicted octanol–water partition coefficient (Wildman–Crippen LogP) is 4.00. The second-order valence-corrected chi connectivity index (χ2v) is 4.40. The molecule has 0 saturated heterocycles. The quantitative estimate of drug-likeness (QED) is 0.896. The normalized spacial score (nSPS) is 11.6. The highest BCUT2D eigenvalue weighted by Crippen LogP contribution is 2.38. The first-order chi connectivity index (χ1) is 8.89. The van der Waals surface area contributed by atoms with E-state index in [0.717, 1.165) is 11.8 Å². The number of rotatable bonds is 3. The van der Waals surface area contributed by atoms with Gasteiger partial charge in [0.15, 0.2) is 0 Å². The smallest absolute Gasteiger partial charge is 0.378 e. The summed E-state index contributed by atoms with van der Waals surface area (Å²) in [5, 5.41) is 2.73. The second-order valence-electron chi connectivity index (χ2n) is 3.99. The van der Waals surface area contributed by atoms with Gasteiger partial charge in [0.1, 0.15) is 0 Å². The lowest BCUT2D eigenvalue weighted by Crippen LogP contribution is -2.11. The Bertz CT molecular complexity index is 578. The van der Waals surface area contributed by atoms with Crippen LogP contribution in [0.3, 0.4) is 0 Å². The van der Waals surface area contributed by atoms with Crippen molar-refractivity contribution in [3.63, 3.8) is 0 Å². The first-order valence-corrected chi connectivity index (χ1v) is 5.86. The van der Waals surface area contributed by atoms with E-state index in [-0.39, 0.29) is 17.3 Å². The van der Waals surface area contributed by atoms with Gasteiger partial charge in [-0.05, 0) is 19.1 Å². The van der Waals surface area contributed by atoms with Crippen LogP contribution in [0.2, 0.25) is 5.02 Å². The Kier molecular flexibility index (Phi) is 3.71. The molecular formula is C12H11ClF3N3. The molecule has 0 aliphatic heterocycles. The van der Waals surface area contributed by atoms with Crippen molar-refractivity contribution in [2.75, 3.05) is 5.32 Å². The van der Waals surface area contributed by atoms with Gasteiger partial charge >= 0.3 is 6.18 Å². The molecule has 1 aromatic heterocycles. The molecule has 1 aromatic carbocycles. The average molecular weight is 290 g/mol. The minimum Gasteiger partial charge on any atom is -0.378 e. The Morgan fingerprint density at radius 1 is 1.37 bits per heavy atom. The van der Waals surface area contributed by atoms with E-state index in [1.807, 2.05) is 0 Å². The molecular weight excluding hydrogens is 279 g/mol. The maximum atomic E-state index is 12.9. The summed E-state index contributed by atoms with van der Waals surface area (Å²) in [5.41, 5.74) is 0.536. The summed E-state index contributed by atoms with van der Waals surface area (Å²) in [7, 11) is 0. The van der Waals surface area contributed by atoms with E-state index in [1.54, 1.807) is 6.92 Å². The van der Waals surface area contributed by atoms with Crippen molar-refractivity contribution in [2.24, 2.45) is 0 Å². The summed E-state index contributed by atoms with van der Waals surface area (Å²) in [5.74, 6) is 0. The van der Waals surface area contributed by atoms with Gasteiger partial charge in [0.2, 0.25) is 0 Å².